The molecule has 78 valence electrons. The van der Waals surface area contributed by atoms with Crippen LogP contribution in [-0.4, -0.2) is 5.11 Å². The van der Waals surface area contributed by atoms with Gasteiger partial charge in [0.15, 0.2) is 0 Å². The first-order chi connectivity index (χ1) is 7.24. The summed E-state index contributed by atoms with van der Waals surface area (Å²) in [6.45, 7) is 4.33. The summed E-state index contributed by atoms with van der Waals surface area (Å²) in [5.74, 6) is 0. The van der Waals surface area contributed by atoms with Crippen molar-refractivity contribution in [1.29, 1.82) is 0 Å². The number of hydrogen-bond acceptors (Lipinski definition) is 2. The molecule has 1 aromatic heterocycles. The molecule has 1 aromatic carbocycles. The van der Waals surface area contributed by atoms with Crippen LogP contribution < -0.4 is 0 Å². The molecule has 2 rings (SSSR count). The van der Waals surface area contributed by atoms with Crippen LogP contribution >= 0.6 is 11.3 Å². The lowest BCUT2D eigenvalue weighted by molar-refractivity contribution is 0.285. The highest BCUT2D eigenvalue weighted by Gasteiger charge is 2.12. The van der Waals surface area contributed by atoms with Crippen LogP contribution in [0.4, 0.5) is 0 Å². The molecule has 0 aliphatic heterocycles. The van der Waals surface area contributed by atoms with Gasteiger partial charge in [-0.3, -0.25) is 0 Å². The van der Waals surface area contributed by atoms with Gasteiger partial charge in [-0.2, -0.15) is 0 Å². The molecule has 1 nitrogen and oxygen atoms in total. The molecule has 0 atom stereocenters. The van der Waals surface area contributed by atoms with Gasteiger partial charge in [0.25, 0.3) is 0 Å². The van der Waals surface area contributed by atoms with Gasteiger partial charge in [-0.1, -0.05) is 30.3 Å². The summed E-state index contributed by atoms with van der Waals surface area (Å²) in [6, 6.07) is 10.3. The second-order valence-electron chi connectivity index (χ2n) is 3.61. The van der Waals surface area contributed by atoms with Crippen molar-refractivity contribution >= 4 is 11.3 Å². The van der Waals surface area contributed by atoms with E-state index < -0.39 is 0 Å². The number of rotatable bonds is 2. The van der Waals surface area contributed by atoms with E-state index in [9.17, 15) is 5.11 Å². The number of benzene rings is 1. The van der Waals surface area contributed by atoms with Crippen LogP contribution in [-0.2, 0) is 6.61 Å². The zero-order chi connectivity index (χ0) is 10.8. The number of thiophene rings is 1. The van der Waals surface area contributed by atoms with Crippen molar-refractivity contribution in [3.05, 3.63) is 45.6 Å². The maximum absolute atomic E-state index is 9.21. The summed E-state index contributed by atoms with van der Waals surface area (Å²) in [4.78, 5) is 2.36. The van der Waals surface area contributed by atoms with Crippen LogP contribution in [0.15, 0.2) is 30.3 Å². The standard InChI is InChI=1S/C13H14OS/c1-9-12(8-14)15-10(2)13(9)11-6-4-3-5-7-11/h3-7,14H,8H2,1-2H3. The SMILES string of the molecule is Cc1sc(CO)c(C)c1-c1ccccc1. The van der Waals surface area contributed by atoms with Crippen LogP contribution in [0.1, 0.15) is 15.3 Å². The zero-order valence-corrected chi connectivity index (χ0v) is 9.77. The summed E-state index contributed by atoms with van der Waals surface area (Å²) < 4.78 is 0. The molecule has 0 amide bonds. The summed E-state index contributed by atoms with van der Waals surface area (Å²) in [6.07, 6.45) is 0. The molecule has 2 aromatic rings. The summed E-state index contributed by atoms with van der Waals surface area (Å²) in [7, 11) is 0. The minimum Gasteiger partial charge on any atom is -0.391 e. The molecular formula is C13H14OS. The highest BCUT2D eigenvalue weighted by atomic mass is 32.1. The highest BCUT2D eigenvalue weighted by Crippen LogP contribution is 2.35. The predicted octanol–water partition coefficient (Wildman–Crippen LogP) is 3.52. The second-order valence-corrected chi connectivity index (χ2v) is 4.91. The van der Waals surface area contributed by atoms with Gasteiger partial charge < -0.3 is 5.11 Å². The minimum absolute atomic E-state index is 0.143. The molecule has 1 N–H and O–H groups in total. The maximum Gasteiger partial charge on any atom is 0.0777 e. The number of aliphatic hydroxyl groups excluding tert-OH is 1. The molecule has 0 unspecified atom stereocenters. The fraction of sp³-hybridized carbons (Fsp3) is 0.231. The Morgan fingerprint density at radius 3 is 2.33 bits per heavy atom. The van der Waals surface area contributed by atoms with E-state index in [-0.39, 0.29) is 6.61 Å². The Labute approximate surface area is 94.0 Å². The van der Waals surface area contributed by atoms with Crippen molar-refractivity contribution in [2.45, 2.75) is 20.5 Å². The van der Waals surface area contributed by atoms with Gasteiger partial charge in [-0.15, -0.1) is 11.3 Å². The second kappa shape index (κ2) is 4.17. The minimum atomic E-state index is 0.143. The average molecular weight is 218 g/mol. The molecule has 0 aliphatic carbocycles. The molecule has 0 saturated carbocycles. The molecule has 0 spiro atoms. The van der Waals surface area contributed by atoms with E-state index >= 15 is 0 Å². The Hall–Kier alpha value is -1.12. The van der Waals surface area contributed by atoms with Crippen LogP contribution in [0.25, 0.3) is 11.1 Å². The lowest BCUT2D eigenvalue weighted by Crippen LogP contribution is -1.83. The van der Waals surface area contributed by atoms with Crippen molar-refractivity contribution in [1.82, 2.24) is 0 Å². The molecule has 15 heavy (non-hydrogen) atoms. The lowest BCUT2D eigenvalue weighted by atomic mass is 10.0. The Morgan fingerprint density at radius 1 is 1.13 bits per heavy atom. The van der Waals surface area contributed by atoms with E-state index in [4.69, 9.17) is 0 Å². The van der Waals surface area contributed by atoms with Gasteiger partial charge in [0.05, 0.1) is 6.61 Å². The first-order valence-corrected chi connectivity index (χ1v) is 5.81. The Bertz CT molecular complexity index is 457. The summed E-state index contributed by atoms with van der Waals surface area (Å²) >= 11 is 1.69. The van der Waals surface area contributed by atoms with E-state index in [0.29, 0.717) is 0 Å². The van der Waals surface area contributed by atoms with Crippen molar-refractivity contribution in [2.24, 2.45) is 0 Å². The summed E-state index contributed by atoms with van der Waals surface area (Å²) in [5, 5.41) is 9.21. The van der Waals surface area contributed by atoms with Crippen LogP contribution in [0.2, 0.25) is 0 Å². The first kappa shape index (κ1) is 10.4. The van der Waals surface area contributed by atoms with Crippen molar-refractivity contribution in [3.63, 3.8) is 0 Å². The van der Waals surface area contributed by atoms with E-state index in [1.807, 2.05) is 18.2 Å². The monoisotopic (exact) mass is 218 g/mol. The molecule has 0 radical (unpaired) electrons. The molecule has 0 saturated heterocycles. The largest absolute Gasteiger partial charge is 0.391 e. The quantitative estimate of drug-likeness (QED) is 0.817. The van der Waals surface area contributed by atoms with Crippen molar-refractivity contribution in [3.8, 4) is 11.1 Å². The number of aryl methyl sites for hydroxylation is 1. The zero-order valence-electron chi connectivity index (χ0n) is 8.95. The van der Waals surface area contributed by atoms with E-state index in [1.54, 1.807) is 11.3 Å². The van der Waals surface area contributed by atoms with Crippen molar-refractivity contribution < 1.29 is 5.11 Å². The number of aliphatic hydroxyl groups is 1. The topological polar surface area (TPSA) is 20.2 Å². The van der Waals surface area contributed by atoms with Crippen LogP contribution in [0.5, 0.6) is 0 Å². The van der Waals surface area contributed by atoms with Gasteiger partial charge in [0, 0.05) is 9.75 Å². The molecular weight excluding hydrogens is 204 g/mol. The van der Waals surface area contributed by atoms with Gasteiger partial charge in [-0.05, 0) is 30.5 Å². The van der Waals surface area contributed by atoms with Gasteiger partial charge in [0.1, 0.15) is 0 Å². The average Bonchev–Trinajstić information content (AvgIpc) is 2.55. The molecule has 0 aliphatic rings. The lowest BCUT2D eigenvalue weighted by Gasteiger charge is -2.02. The Morgan fingerprint density at radius 2 is 1.80 bits per heavy atom. The highest BCUT2D eigenvalue weighted by molar-refractivity contribution is 7.12. The molecule has 0 bridgehead atoms. The summed E-state index contributed by atoms with van der Waals surface area (Å²) in [5.41, 5.74) is 3.74. The first-order valence-electron chi connectivity index (χ1n) is 4.99. The van der Waals surface area contributed by atoms with E-state index in [0.717, 1.165) is 4.88 Å². The van der Waals surface area contributed by atoms with Gasteiger partial charge >= 0.3 is 0 Å². The molecule has 0 fully saturated rings. The maximum atomic E-state index is 9.21. The van der Waals surface area contributed by atoms with Crippen LogP contribution in [0, 0.1) is 13.8 Å². The van der Waals surface area contributed by atoms with E-state index in [2.05, 4.69) is 26.0 Å². The fourth-order valence-corrected chi connectivity index (χ4v) is 2.95. The van der Waals surface area contributed by atoms with Gasteiger partial charge in [-0.25, -0.2) is 0 Å². The normalized spacial score (nSPS) is 10.6. The Kier molecular flexibility index (Phi) is 2.89. The third-order valence-corrected chi connectivity index (χ3v) is 3.82. The predicted molar refractivity (Wildman–Crippen MR) is 65.2 cm³/mol. The third-order valence-electron chi connectivity index (χ3n) is 2.63. The van der Waals surface area contributed by atoms with Crippen LogP contribution in [0.3, 0.4) is 0 Å². The third kappa shape index (κ3) is 1.83. The molecule has 2 heteroatoms. The number of hydrogen-bond donors (Lipinski definition) is 1. The van der Waals surface area contributed by atoms with E-state index in [1.165, 1.54) is 21.6 Å². The Balaban J connectivity index is 2.58. The fourth-order valence-electron chi connectivity index (χ4n) is 1.89. The molecule has 1 heterocycles. The van der Waals surface area contributed by atoms with Crippen molar-refractivity contribution in [2.75, 3.05) is 0 Å². The van der Waals surface area contributed by atoms with Gasteiger partial charge in [0.2, 0.25) is 0 Å². The smallest absolute Gasteiger partial charge is 0.0777 e.